The minimum absolute atomic E-state index is 0.213. The molecule has 0 aliphatic heterocycles. The van der Waals surface area contributed by atoms with Gasteiger partial charge in [0.1, 0.15) is 11.5 Å². The van der Waals surface area contributed by atoms with E-state index in [1.807, 2.05) is 0 Å². The van der Waals surface area contributed by atoms with Crippen molar-refractivity contribution in [2.75, 3.05) is 26.6 Å². The van der Waals surface area contributed by atoms with Crippen LogP contribution in [-0.2, 0) is 4.79 Å². The van der Waals surface area contributed by atoms with Crippen LogP contribution in [0.5, 0.6) is 11.5 Å². The molecule has 2 aromatic carbocycles. The van der Waals surface area contributed by atoms with Gasteiger partial charge in [0.2, 0.25) is 5.91 Å². The van der Waals surface area contributed by atoms with Gasteiger partial charge in [-0.3, -0.25) is 9.59 Å². The van der Waals surface area contributed by atoms with E-state index in [9.17, 15) is 9.59 Å². The second-order valence-corrected chi connectivity index (χ2v) is 5.09. The average Bonchev–Trinajstić information content (AvgIpc) is 2.65. The summed E-state index contributed by atoms with van der Waals surface area (Å²) < 4.78 is 10.4. The zero-order valence-corrected chi connectivity index (χ0v) is 14.3. The summed E-state index contributed by atoms with van der Waals surface area (Å²) in [5.41, 5.74) is 1.76. The first-order valence-corrected chi connectivity index (χ1v) is 7.60. The van der Waals surface area contributed by atoms with Crippen LogP contribution in [0, 0.1) is 0 Å². The molecule has 0 aromatic heterocycles. The maximum absolute atomic E-state index is 12.1. The summed E-state index contributed by atoms with van der Waals surface area (Å²) in [7, 11) is 4.68. The first-order chi connectivity index (χ1) is 12.1. The Labute approximate surface area is 146 Å². The number of nitrogens with one attached hydrogen (secondary N) is 2. The number of amides is 2. The van der Waals surface area contributed by atoms with Gasteiger partial charge in [0, 0.05) is 36.0 Å². The molecular weight excluding hydrogens is 320 g/mol. The Morgan fingerprint density at radius 3 is 2.52 bits per heavy atom. The number of methoxy groups -OCH3 is 2. The Morgan fingerprint density at radius 1 is 1.04 bits per heavy atom. The van der Waals surface area contributed by atoms with Crippen LogP contribution >= 0.6 is 0 Å². The van der Waals surface area contributed by atoms with Gasteiger partial charge in [-0.1, -0.05) is 6.07 Å². The standard InChI is InChI=1S/C19H20N2O4/c1-20-19(23)14-5-4-6-15(11-14)21-18(22)10-8-13-7-9-16(24-2)12-17(13)25-3/h4-12H,1-3H3,(H,20,23)(H,21,22)/b10-8+. The van der Waals surface area contributed by atoms with Gasteiger partial charge in [0.05, 0.1) is 14.2 Å². The monoisotopic (exact) mass is 340 g/mol. The molecule has 25 heavy (non-hydrogen) atoms. The first kappa shape index (κ1) is 18.1. The number of anilines is 1. The number of hydrogen-bond acceptors (Lipinski definition) is 4. The Bertz CT molecular complexity index is 800. The molecule has 0 aliphatic rings. The minimum Gasteiger partial charge on any atom is -0.497 e. The fraction of sp³-hybridized carbons (Fsp3) is 0.158. The predicted molar refractivity (Wildman–Crippen MR) is 97.0 cm³/mol. The van der Waals surface area contributed by atoms with Crippen molar-refractivity contribution in [1.29, 1.82) is 0 Å². The van der Waals surface area contributed by atoms with E-state index in [-0.39, 0.29) is 11.8 Å². The Hall–Kier alpha value is -3.28. The maximum Gasteiger partial charge on any atom is 0.251 e. The number of benzene rings is 2. The van der Waals surface area contributed by atoms with Crippen LogP contribution in [0.25, 0.3) is 6.08 Å². The van der Waals surface area contributed by atoms with E-state index in [0.717, 1.165) is 5.56 Å². The highest BCUT2D eigenvalue weighted by Crippen LogP contribution is 2.25. The van der Waals surface area contributed by atoms with E-state index >= 15 is 0 Å². The van der Waals surface area contributed by atoms with E-state index in [4.69, 9.17) is 9.47 Å². The molecule has 2 amide bonds. The topological polar surface area (TPSA) is 76.7 Å². The second-order valence-electron chi connectivity index (χ2n) is 5.09. The van der Waals surface area contributed by atoms with Crippen molar-refractivity contribution in [3.05, 3.63) is 59.7 Å². The molecule has 2 aromatic rings. The molecule has 130 valence electrons. The molecule has 0 bridgehead atoms. The van der Waals surface area contributed by atoms with Gasteiger partial charge in [-0.15, -0.1) is 0 Å². The predicted octanol–water partition coefficient (Wildman–Crippen LogP) is 2.72. The number of hydrogen-bond donors (Lipinski definition) is 2. The Balaban J connectivity index is 2.10. The van der Waals surface area contributed by atoms with Crippen LogP contribution < -0.4 is 20.1 Å². The lowest BCUT2D eigenvalue weighted by Gasteiger charge is -2.07. The lowest BCUT2D eigenvalue weighted by Crippen LogP contribution is -2.18. The zero-order valence-electron chi connectivity index (χ0n) is 14.3. The highest BCUT2D eigenvalue weighted by molar-refractivity contribution is 6.03. The van der Waals surface area contributed by atoms with Crippen molar-refractivity contribution in [3.8, 4) is 11.5 Å². The highest BCUT2D eigenvalue weighted by Gasteiger charge is 2.06. The van der Waals surface area contributed by atoms with Crippen molar-refractivity contribution >= 4 is 23.6 Å². The van der Waals surface area contributed by atoms with Gasteiger partial charge in [-0.25, -0.2) is 0 Å². The van der Waals surface area contributed by atoms with Crippen molar-refractivity contribution < 1.29 is 19.1 Å². The molecule has 0 unspecified atom stereocenters. The van der Waals surface area contributed by atoms with Gasteiger partial charge in [0.25, 0.3) is 5.91 Å². The third-order valence-corrected chi connectivity index (χ3v) is 3.47. The van der Waals surface area contributed by atoms with Crippen molar-refractivity contribution in [2.45, 2.75) is 0 Å². The summed E-state index contributed by atoms with van der Waals surface area (Å²) in [5, 5.41) is 5.26. The molecule has 0 spiro atoms. The molecule has 0 saturated carbocycles. The molecule has 2 N–H and O–H groups in total. The van der Waals surface area contributed by atoms with Gasteiger partial charge < -0.3 is 20.1 Å². The number of carbonyl (C=O) groups is 2. The SMILES string of the molecule is CNC(=O)c1cccc(NC(=O)/C=C/c2ccc(OC)cc2OC)c1. The van der Waals surface area contributed by atoms with E-state index in [1.54, 1.807) is 69.8 Å². The van der Waals surface area contributed by atoms with Gasteiger partial charge >= 0.3 is 0 Å². The highest BCUT2D eigenvalue weighted by atomic mass is 16.5. The minimum atomic E-state index is -0.313. The summed E-state index contributed by atoms with van der Waals surface area (Å²) in [4.78, 5) is 23.7. The molecule has 0 atom stereocenters. The lowest BCUT2D eigenvalue weighted by atomic mass is 10.1. The van der Waals surface area contributed by atoms with Crippen LogP contribution in [0.2, 0.25) is 0 Å². The van der Waals surface area contributed by atoms with Gasteiger partial charge in [0.15, 0.2) is 0 Å². The van der Waals surface area contributed by atoms with Crippen molar-refractivity contribution in [3.63, 3.8) is 0 Å². The normalized spacial score (nSPS) is 10.4. The molecule has 2 rings (SSSR count). The van der Waals surface area contributed by atoms with Crippen LogP contribution in [0.3, 0.4) is 0 Å². The van der Waals surface area contributed by atoms with E-state index in [1.165, 1.54) is 6.08 Å². The first-order valence-electron chi connectivity index (χ1n) is 7.60. The maximum atomic E-state index is 12.1. The number of carbonyl (C=O) groups excluding carboxylic acids is 2. The third-order valence-electron chi connectivity index (χ3n) is 3.47. The molecule has 6 heteroatoms. The summed E-state index contributed by atoms with van der Waals surface area (Å²) >= 11 is 0. The molecule has 6 nitrogen and oxygen atoms in total. The van der Waals surface area contributed by atoms with E-state index in [2.05, 4.69) is 10.6 Å². The molecule has 0 saturated heterocycles. The van der Waals surface area contributed by atoms with E-state index < -0.39 is 0 Å². The fourth-order valence-corrected chi connectivity index (χ4v) is 2.19. The van der Waals surface area contributed by atoms with Gasteiger partial charge in [-0.05, 0) is 36.4 Å². The van der Waals surface area contributed by atoms with Crippen LogP contribution in [-0.4, -0.2) is 33.1 Å². The van der Waals surface area contributed by atoms with Crippen LogP contribution in [0.1, 0.15) is 15.9 Å². The van der Waals surface area contributed by atoms with Crippen molar-refractivity contribution in [2.24, 2.45) is 0 Å². The van der Waals surface area contributed by atoms with Crippen LogP contribution in [0.4, 0.5) is 5.69 Å². The number of rotatable bonds is 6. The summed E-state index contributed by atoms with van der Waals surface area (Å²) in [6, 6.07) is 12.0. The smallest absolute Gasteiger partial charge is 0.251 e. The largest absolute Gasteiger partial charge is 0.497 e. The molecule has 0 radical (unpaired) electrons. The lowest BCUT2D eigenvalue weighted by molar-refractivity contribution is -0.111. The quantitative estimate of drug-likeness (QED) is 0.793. The second kappa shape index (κ2) is 8.54. The fourth-order valence-electron chi connectivity index (χ4n) is 2.19. The molecular formula is C19H20N2O4. The Kier molecular flexibility index (Phi) is 6.17. The molecule has 0 fully saturated rings. The van der Waals surface area contributed by atoms with Gasteiger partial charge in [-0.2, -0.15) is 0 Å². The summed E-state index contributed by atoms with van der Waals surface area (Å²) in [6.07, 6.45) is 3.05. The third kappa shape index (κ3) is 4.84. The van der Waals surface area contributed by atoms with Crippen molar-refractivity contribution in [1.82, 2.24) is 5.32 Å². The molecule has 0 aliphatic carbocycles. The molecule has 0 heterocycles. The van der Waals surface area contributed by atoms with E-state index in [0.29, 0.717) is 22.7 Å². The Morgan fingerprint density at radius 2 is 1.84 bits per heavy atom. The summed E-state index contributed by atoms with van der Waals surface area (Å²) in [5.74, 6) is 0.746. The average molecular weight is 340 g/mol. The van der Waals surface area contributed by atoms with Crippen LogP contribution in [0.15, 0.2) is 48.5 Å². The number of ether oxygens (including phenoxy) is 2. The zero-order chi connectivity index (χ0) is 18.2. The summed E-state index contributed by atoms with van der Waals surface area (Å²) in [6.45, 7) is 0.